The van der Waals surface area contributed by atoms with Gasteiger partial charge in [-0.1, -0.05) is 23.7 Å². The van der Waals surface area contributed by atoms with Gasteiger partial charge < -0.3 is 9.47 Å². The number of rotatable bonds is 5. The molecule has 154 valence electrons. The van der Waals surface area contributed by atoms with Crippen molar-refractivity contribution < 1.29 is 4.79 Å². The second kappa shape index (κ2) is 9.32. The number of nitrogens with zero attached hydrogens (tertiary/aromatic N) is 5. The van der Waals surface area contributed by atoms with Crippen LogP contribution in [0.2, 0.25) is 5.02 Å². The van der Waals surface area contributed by atoms with Crippen molar-refractivity contribution in [1.82, 2.24) is 19.4 Å². The molecule has 3 aromatic rings. The second-order valence-corrected chi connectivity index (χ2v) is 8.09. The van der Waals surface area contributed by atoms with E-state index in [0.29, 0.717) is 10.9 Å². The van der Waals surface area contributed by atoms with Crippen LogP contribution in [0.25, 0.3) is 22.5 Å². The summed E-state index contributed by atoms with van der Waals surface area (Å²) in [4.78, 5) is 27.8. The van der Waals surface area contributed by atoms with Crippen LogP contribution >= 0.6 is 11.6 Å². The Balaban J connectivity index is 1.60. The lowest BCUT2D eigenvalue weighted by Gasteiger charge is -2.26. The summed E-state index contributed by atoms with van der Waals surface area (Å²) in [6.45, 7) is 2.19. The number of hydrogen-bond donors (Lipinski definition) is 0. The highest BCUT2D eigenvalue weighted by Gasteiger charge is 2.18. The van der Waals surface area contributed by atoms with Crippen LogP contribution in [0.15, 0.2) is 60.1 Å². The number of benzene rings is 1. The zero-order valence-corrected chi connectivity index (χ0v) is 17.7. The van der Waals surface area contributed by atoms with Crippen LogP contribution in [0.3, 0.4) is 0 Å². The third-order valence-corrected chi connectivity index (χ3v) is 5.56. The lowest BCUT2D eigenvalue weighted by Crippen LogP contribution is -2.32. The second-order valence-electron chi connectivity index (χ2n) is 7.65. The number of hydrogen-bond acceptors (Lipinski definition) is 4. The molecule has 3 heterocycles. The molecule has 1 saturated heterocycles. The molecule has 4 rings (SSSR count). The SMILES string of the molecule is CN1CCCC(C=NC(=O)Cn2cnc(-c3ccc(Cl)cc3)c2-c2ccncc2)C1. The number of aromatic nitrogens is 3. The maximum atomic E-state index is 12.6. The van der Waals surface area contributed by atoms with Crippen molar-refractivity contribution in [3.8, 4) is 22.5 Å². The third-order valence-electron chi connectivity index (χ3n) is 5.31. The Kier molecular flexibility index (Phi) is 6.35. The number of carbonyl (C=O) groups excluding carboxylic acids is 1. The molecule has 7 heteroatoms. The molecule has 0 radical (unpaired) electrons. The van der Waals surface area contributed by atoms with Gasteiger partial charge in [-0.3, -0.25) is 9.78 Å². The number of aliphatic imine (C=N–C) groups is 1. The molecule has 1 unspecified atom stereocenters. The average Bonchev–Trinajstić information content (AvgIpc) is 3.17. The van der Waals surface area contributed by atoms with Crippen molar-refractivity contribution in [3.05, 3.63) is 60.1 Å². The van der Waals surface area contributed by atoms with E-state index >= 15 is 0 Å². The van der Waals surface area contributed by atoms with E-state index in [0.717, 1.165) is 48.4 Å². The Hall–Kier alpha value is -2.83. The molecule has 1 aromatic carbocycles. The summed E-state index contributed by atoms with van der Waals surface area (Å²) in [7, 11) is 2.10. The number of amides is 1. The highest BCUT2D eigenvalue weighted by Crippen LogP contribution is 2.31. The fraction of sp³-hybridized carbons (Fsp3) is 0.304. The monoisotopic (exact) mass is 421 g/mol. The van der Waals surface area contributed by atoms with Gasteiger partial charge in [0, 0.05) is 47.2 Å². The molecule has 1 amide bonds. The number of halogens is 1. The van der Waals surface area contributed by atoms with Gasteiger partial charge in [-0.25, -0.2) is 9.98 Å². The van der Waals surface area contributed by atoms with Crippen LogP contribution in [0.4, 0.5) is 0 Å². The van der Waals surface area contributed by atoms with Crippen molar-refractivity contribution in [3.63, 3.8) is 0 Å². The maximum Gasteiger partial charge on any atom is 0.265 e. The molecule has 0 N–H and O–H groups in total. The van der Waals surface area contributed by atoms with Gasteiger partial charge in [-0.2, -0.15) is 0 Å². The summed E-state index contributed by atoms with van der Waals surface area (Å²) >= 11 is 6.04. The van der Waals surface area contributed by atoms with E-state index in [9.17, 15) is 4.79 Å². The normalized spacial score (nSPS) is 17.5. The maximum absolute atomic E-state index is 12.6. The first-order chi connectivity index (χ1) is 14.6. The lowest BCUT2D eigenvalue weighted by atomic mass is 10.00. The van der Waals surface area contributed by atoms with E-state index in [1.807, 2.05) is 47.2 Å². The number of pyridine rings is 1. The van der Waals surface area contributed by atoms with Gasteiger partial charge in [0.05, 0.1) is 17.7 Å². The summed E-state index contributed by atoms with van der Waals surface area (Å²) < 4.78 is 1.85. The first kappa shape index (κ1) is 20.4. The number of piperidine rings is 1. The summed E-state index contributed by atoms with van der Waals surface area (Å²) in [5.41, 5.74) is 3.54. The average molecular weight is 422 g/mol. The number of imidazole rings is 1. The molecule has 1 aliphatic rings. The van der Waals surface area contributed by atoms with Crippen LogP contribution in [0, 0.1) is 5.92 Å². The molecule has 0 spiro atoms. The van der Waals surface area contributed by atoms with E-state index in [2.05, 4.69) is 26.9 Å². The molecule has 1 atom stereocenters. The Morgan fingerprint density at radius 2 is 1.97 bits per heavy atom. The predicted octanol–water partition coefficient (Wildman–Crippen LogP) is 4.20. The van der Waals surface area contributed by atoms with E-state index in [1.165, 1.54) is 0 Å². The molecule has 6 nitrogen and oxygen atoms in total. The molecule has 30 heavy (non-hydrogen) atoms. The first-order valence-corrected chi connectivity index (χ1v) is 10.4. The molecule has 1 aliphatic heterocycles. The highest BCUT2D eigenvalue weighted by atomic mass is 35.5. The van der Waals surface area contributed by atoms with Crippen LogP contribution in [-0.4, -0.2) is 51.7 Å². The van der Waals surface area contributed by atoms with Crippen LogP contribution in [-0.2, 0) is 11.3 Å². The fourth-order valence-electron chi connectivity index (χ4n) is 3.84. The van der Waals surface area contributed by atoms with E-state index in [1.54, 1.807) is 18.7 Å². The Morgan fingerprint density at radius 3 is 2.70 bits per heavy atom. The van der Waals surface area contributed by atoms with Crippen molar-refractivity contribution in [1.29, 1.82) is 0 Å². The minimum Gasteiger partial charge on any atom is -0.320 e. The largest absolute Gasteiger partial charge is 0.320 e. The lowest BCUT2D eigenvalue weighted by molar-refractivity contribution is -0.118. The number of carbonyl (C=O) groups is 1. The molecular formula is C23H24ClN5O. The third kappa shape index (κ3) is 4.83. The highest BCUT2D eigenvalue weighted by molar-refractivity contribution is 6.30. The Morgan fingerprint density at radius 1 is 1.20 bits per heavy atom. The van der Waals surface area contributed by atoms with Gasteiger partial charge in [0.15, 0.2) is 0 Å². The molecule has 0 aliphatic carbocycles. The van der Waals surface area contributed by atoms with E-state index in [-0.39, 0.29) is 12.5 Å². The zero-order valence-electron chi connectivity index (χ0n) is 16.9. The van der Waals surface area contributed by atoms with Gasteiger partial charge in [0.1, 0.15) is 6.54 Å². The number of likely N-dealkylation sites (tertiary alicyclic amines) is 1. The summed E-state index contributed by atoms with van der Waals surface area (Å²) in [6.07, 6.45) is 9.20. The zero-order chi connectivity index (χ0) is 20.9. The minimum atomic E-state index is -0.182. The van der Waals surface area contributed by atoms with Crippen LogP contribution in [0.1, 0.15) is 12.8 Å². The van der Waals surface area contributed by atoms with Gasteiger partial charge in [0.2, 0.25) is 0 Å². The van der Waals surface area contributed by atoms with Crippen molar-refractivity contribution in [2.75, 3.05) is 20.1 Å². The van der Waals surface area contributed by atoms with Crippen LogP contribution < -0.4 is 0 Å². The Labute approximate surface area is 181 Å². The van der Waals surface area contributed by atoms with Gasteiger partial charge in [0.25, 0.3) is 5.91 Å². The predicted molar refractivity (Wildman–Crippen MR) is 120 cm³/mol. The van der Waals surface area contributed by atoms with Crippen molar-refractivity contribution in [2.45, 2.75) is 19.4 Å². The Bertz CT molecular complexity index is 1030. The first-order valence-electron chi connectivity index (χ1n) is 10.1. The molecular weight excluding hydrogens is 398 g/mol. The topological polar surface area (TPSA) is 63.4 Å². The van der Waals surface area contributed by atoms with Crippen molar-refractivity contribution >= 4 is 23.7 Å². The summed E-state index contributed by atoms with van der Waals surface area (Å²) in [6, 6.07) is 11.4. The van der Waals surface area contributed by atoms with E-state index < -0.39 is 0 Å². The van der Waals surface area contributed by atoms with Gasteiger partial charge in [-0.05, 0) is 50.7 Å². The minimum absolute atomic E-state index is 0.136. The van der Waals surface area contributed by atoms with Gasteiger partial charge in [-0.15, -0.1) is 0 Å². The fourth-order valence-corrected chi connectivity index (χ4v) is 3.96. The molecule has 2 aromatic heterocycles. The quantitative estimate of drug-likeness (QED) is 0.579. The standard InChI is InChI=1S/C23H24ClN5O/c1-28-12-2-3-17(14-28)13-26-21(30)15-29-16-27-22(18-4-6-20(24)7-5-18)23(29)19-8-10-25-11-9-19/h4-11,13,16-17H,2-3,12,14-15H2,1H3. The van der Waals surface area contributed by atoms with Crippen molar-refractivity contribution in [2.24, 2.45) is 10.9 Å². The van der Waals surface area contributed by atoms with E-state index in [4.69, 9.17) is 11.6 Å². The molecule has 1 fully saturated rings. The molecule has 0 bridgehead atoms. The van der Waals surface area contributed by atoms with Gasteiger partial charge >= 0.3 is 0 Å². The summed E-state index contributed by atoms with van der Waals surface area (Å²) in [5.74, 6) is 0.151. The molecule has 0 saturated carbocycles. The smallest absolute Gasteiger partial charge is 0.265 e. The van der Waals surface area contributed by atoms with Crippen LogP contribution in [0.5, 0.6) is 0 Å². The summed E-state index contributed by atoms with van der Waals surface area (Å²) in [5, 5.41) is 0.668.